The first-order chi connectivity index (χ1) is 11.0. The largest absolute Gasteiger partial charge is 0.391 e. The average molecular weight is 317 g/mol. The monoisotopic (exact) mass is 317 g/mol. The highest BCUT2D eigenvalue weighted by Crippen LogP contribution is 2.23. The molecule has 7 nitrogen and oxygen atoms in total. The molecule has 1 aliphatic heterocycles. The van der Waals surface area contributed by atoms with Crippen molar-refractivity contribution in [3.8, 4) is 0 Å². The van der Waals surface area contributed by atoms with E-state index in [1.807, 2.05) is 32.9 Å². The summed E-state index contributed by atoms with van der Waals surface area (Å²) in [7, 11) is 0. The molecule has 0 aromatic carbocycles. The fourth-order valence-electron chi connectivity index (χ4n) is 3.19. The number of nitrogens with zero attached hydrogens (tertiary/aromatic N) is 4. The van der Waals surface area contributed by atoms with E-state index in [2.05, 4.69) is 15.3 Å². The second kappa shape index (κ2) is 6.16. The van der Waals surface area contributed by atoms with Gasteiger partial charge in [0.15, 0.2) is 0 Å². The summed E-state index contributed by atoms with van der Waals surface area (Å²) in [4.78, 5) is 14.4. The number of carbonyl (C=O) groups excluding carboxylic acids is 1. The zero-order chi connectivity index (χ0) is 16.6. The van der Waals surface area contributed by atoms with E-state index in [0.29, 0.717) is 31.7 Å². The summed E-state index contributed by atoms with van der Waals surface area (Å²) in [6.07, 6.45) is 0.150. The molecule has 124 valence electrons. The molecule has 0 aliphatic carbocycles. The van der Waals surface area contributed by atoms with Gasteiger partial charge < -0.3 is 10.0 Å². The average Bonchev–Trinajstić information content (AvgIpc) is 3.19. The van der Waals surface area contributed by atoms with Gasteiger partial charge in [0.05, 0.1) is 17.5 Å². The SMILES string of the molecule is CCn1nc(C)cc1C(=O)N1CC(O)C(Cc2cc(C)[nH]n2)C1. The predicted molar refractivity (Wildman–Crippen MR) is 85.1 cm³/mol. The van der Waals surface area contributed by atoms with Crippen LogP contribution in [0.15, 0.2) is 12.1 Å². The normalized spacial score (nSPS) is 21.1. The van der Waals surface area contributed by atoms with Gasteiger partial charge in [-0.25, -0.2) is 0 Å². The van der Waals surface area contributed by atoms with Crippen LogP contribution in [0.1, 0.15) is 34.5 Å². The van der Waals surface area contributed by atoms with E-state index in [1.165, 1.54) is 0 Å². The van der Waals surface area contributed by atoms with Crippen molar-refractivity contribution in [1.29, 1.82) is 0 Å². The van der Waals surface area contributed by atoms with E-state index in [0.717, 1.165) is 17.1 Å². The van der Waals surface area contributed by atoms with Crippen LogP contribution in [0.25, 0.3) is 0 Å². The molecule has 23 heavy (non-hydrogen) atoms. The number of amides is 1. The number of likely N-dealkylation sites (tertiary alicyclic amines) is 1. The van der Waals surface area contributed by atoms with Crippen molar-refractivity contribution in [2.24, 2.45) is 5.92 Å². The number of β-amino-alcohol motifs (C(OH)–C–C–N with tert-alkyl or cyclic N) is 1. The smallest absolute Gasteiger partial charge is 0.272 e. The third-order valence-corrected chi connectivity index (χ3v) is 4.34. The van der Waals surface area contributed by atoms with E-state index < -0.39 is 6.10 Å². The first-order valence-electron chi connectivity index (χ1n) is 8.00. The predicted octanol–water partition coefficient (Wildman–Crippen LogP) is 0.919. The molecule has 0 radical (unpaired) electrons. The molecule has 1 amide bonds. The molecule has 2 aromatic rings. The lowest BCUT2D eigenvalue weighted by Gasteiger charge is -2.16. The lowest BCUT2D eigenvalue weighted by Crippen LogP contribution is -2.31. The van der Waals surface area contributed by atoms with Crippen molar-refractivity contribution in [3.05, 3.63) is 34.9 Å². The van der Waals surface area contributed by atoms with Crippen LogP contribution in [0.3, 0.4) is 0 Å². The van der Waals surface area contributed by atoms with Crippen LogP contribution < -0.4 is 0 Å². The Morgan fingerprint density at radius 2 is 2.17 bits per heavy atom. The van der Waals surface area contributed by atoms with Crippen LogP contribution in [-0.4, -0.2) is 55.1 Å². The van der Waals surface area contributed by atoms with Gasteiger partial charge in [0.1, 0.15) is 5.69 Å². The summed E-state index contributed by atoms with van der Waals surface area (Å²) in [5, 5.41) is 21.8. The first kappa shape index (κ1) is 15.7. The van der Waals surface area contributed by atoms with E-state index in [4.69, 9.17) is 0 Å². The topological polar surface area (TPSA) is 87.0 Å². The minimum absolute atomic E-state index is 0.0146. The highest BCUT2D eigenvalue weighted by Gasteiger charge is 2.35. The molecular formula is C16H23N5O2. The standard InChI is InChI=1S/C16H23N5O2/c1-4-21-14(6-11(3)19-21)16(23)20-8-12(15(22)9-20)7-13-5-10(2)17-18-13/h5-6,12,15,22H,4,7-9H2,1-3H3,(H,17,18). The fourth-order valence-corrected chi connectivity index (χ4v) is 3.19. The number of aryl methyl sites for hydroxylation is 3. The van der Waals surface area contributed by atoms with Crippen LogP contribution in [0.4, 0.5) is 0 Å². The number of aromatic amines is 1. The molecule has 0 saturated carbocycles. The quantitative estimate of drug-likeness (QED) is 0.878. The fraction of sp³-hybridized carbons (Fsp3) is 0.562. The maximum absolute atomic E-state index is 12.7. The summed E-state index contributed by atoms with van der Waals surface area (Å²) in [5.41, 5.74) is 3.35. The van der Waals surface area contributed by atoms with E-state index in [9.17, 15) is 9.90 Å². The number of rotatable bonds is 4. The van der Waals surface area contributed by atoms with Crippen molar-refractivity contribution >= 4 is 5.91 Å². The van der Waals surface area contributed by atoms with E-state index >= 15 is 0 Å². The second-order valence-corrected chi connectivity index (χ2v) is 6.27. The number of aliphatic hydroxyl groups is 1. The molecule has 2 N–H and O–H groups in total. The van der Waals surface area contributed by atoms with Crippen molar-refractivity contribution in [3.63, 3.8) is 0 Å². The van der Waals surface area contributed by atoms with Gasteiger partial charge in [-0.05, 0) is 39.3 Å². The van der Waals surface area contributed by atoms with Crippen LogP contribution in [0.2, 0.25) is 0 Å². The number of nitrogens with one attached hydrogen (secondary N) is 1. The van der Waals surface area contributed by atoms with Gasteiger partial charge in [-0.2, -0.15) is 10.2 Å². The second-order valence-electron chi connectivity index (χ2n) is 6.27. The van der Waals surface area contributed by atoms with Crippen LogP contribution in [0.5, 0.6) is 0 Å². The third-order valence-electron chi connectivity index (χ3n) is 4.34. The lowest BCUT2D eigenvalue weighted by atomic mass is 10.0. The van der Waals surface area contributed by atoms with Gasteiger partial charge in [-0.3, -0.25) is 14.6 Å². The molecule has 3 heterocycles. The zero-order valence-corrected chi connectivity index (χ0v) is 13.8. The lowest BCUT2D eigenvalue weighted by molar-refractivity contribution is 0.0752. The van der Waals surface area contributed by atoms with Crippen molar-refractivity contribution < 1.29 is 9.90 Å². The number of hydrogen-bond acceptors (Lipinski definition) is 4. The number of hydrogen-bond donors (Lipinski definition) is 2. The van der Waals surface area contributed by atoms with Gasteiger partial charge in [0, 0.05) is 31.2 Å². The van der Waals surface area contributed by atoms with Crippen LogP contribution in [-0.2, 0) is 13.0 Å². The molecule has 2 aromatic heterocycles. The van der Waals surface area contributed by atoms with E-state index in [1.54, 1.807) is 9.58 Å². The Morgan fingerprint density at radius 3 is 2.83 bits per heavy atom. The molecule has 1 aliphatic rings. The molecule has 1 fully saturated rings. The highest BCUT2D eigenvalue weighted by atomic mass is 16.3. The van der Waals surface area contributed by atoms with Crippen molar-refractivity contribution in [2.45, 2.75) is 39.8 Å². The Morgan fingerprint density at radius 1 is 1.39 bits per heavy atom. The molecule has 2 atom stereocenters. The Labute approximate surface area is 135 Å². The third kappa shape index (κ3) is 3.14. The number of H-pyrrole nitrogens is 1. The van der Waals surface area contributed by atoms with Gasteiger partial charge in [0.2, 0.25) is 0 Å². The summed E-state index contributed by atoms with van der Waals surface area (Å²) in [5.74, 6) is -0.0482. The molecule has 0 bridgehead atoms. The number of aliphatic hydroxyl groups excluding tert-OH is 1. The Hall–Kier alpha value is -2.15. The minimum Gasteiger partial charge on any atom is -0.391 e. The van der Waals surface area contributed by atoms with Crippen molar-refractivity contribution in [2.75, 3.05) is 13.1 Å². The molecule has 0 spiro atoms. The maximum Gasteiger partial charge on any atom is 0.272 e. The summed E-state index contributed by atoms with van der Waals surface area (Å²) >= 11 is 0. The minimum atomic E-state index is -0.518. The van der Waals surface area contributed by atoms with Crippen LogP contribution in [0, 0.1) is 19.8 Å². The summed E-state index contributed by atoms with van der Waals surface area (Å²) < 4.78 is 1.72. The van der Waals surface area contributed by atoms with Gasteiger partial charge in [-0.1, -0.05) is 0 Å². The van der Waals surface area contributed by atoms with Gasteiger partial charge in [-0.15, -0.1) is 0 Å². The zero-order valence-electron chi connectivity index (χ0n) is 13.8. The number of carbonyl (C=O) groups is 1. The van der Waals surface area contributed by atoms with E-state index in [-0.39, 0.29) is 11.8 Å². The molecule has 2 unspecified atom stereocenters. The Balaban J connectivity index is 1.71. The Kier molecular flexibility index (Phi) is 4.21. The van der Waals surface area contributed by atoms with Crippen LogP contribution >= 0.6 is 0 Å². The van der Waals surface area contributed by atoms with Crippen molar-refractivity contribution in [1.82, 2.24) is 24.9 Å². The number of aromatic nitrogens is 4. The first-order valence-corrected chi connectivity index (χ1v) is 8.00. The molecular weight excluding hydrogens is 294 g/mol. The maximum atomic E-state index is 12.7. The summed E-state index contributed by atoms with van der Waals surface area (Å²) in [6, 6.07) is 3.79. The molecule has 1 saturated heterocycles. The van der Waals surface area contributed by atoms with Gasteiger partial charge in [0.25, 0.3) is 5.91 Å². The Bertz CT molecular complexity index is 705. The molecule has 3 rings (SSSR count). The molecule has 7 heteroatoms. The highest BCUT2D eigenvalue weighted by molar-refractivity contribution is 5.93. The van der Waals surface area contributed by atoms with Gasteiger partial charge >= 0.3 is 0 Å². The summed E-state index contributed by atoms with van der Waals surface area (Å²) in [6.45, 7) is 7.35.